The van der Waals surface area contributed by atoms with Gasteiger partial charge in [-0.05, 0) is 24.6 Å². The van der Waals surface area contributed by atoms with E-state index in [-0.39, 0.29) is 10.9 Å². The molecule has 0 spiro atoms. The largest absolute Gasteiger partial charge is 0.336 e. The number of nitrogens with one attached hydrogen (secondary N) is 1. The second-order valence-corrected chi connectivity index (χ2v) is 6.34. The van der Waals surface area contributed by atoms with Crippen LogP contribution in [0.4, 0.5) is 0 Å². The molecule has 108 valence electrons. The van der Waals surface area contributed by atoms with E-state index in [0.29, 0.717) is 13.1 Å². The van der Waals surface area contributed by atoms with Crippen LogP contribution in [0.5, 0.6) is 0 Å². The summed E-state index contributed by atoms with van der Waals surface area (Å²) in [4.78, 5) is 4.17. The highest BCUT2D eigenvalue weighted by atomic mass is 32.2. The highest BCUT2D eigenvalue weighted by molar-refractivity contribution is 7.89. The maximum Gasteiger partial charge on any atom is 0.240 e. The first kappa shape index (κ1) is 14.7. The standard InChI is InChI=1S/C13H18N4O2S/c1-11(9-17-7-6-15-10-17)16-20(18,19)13-4-2-12(8-14)3-5-13/h2-7,10-11,16H,8-9,14H2,1H3. The van der Waals surface area contributed by atoms with Crippen molar-refractivity contribution in [3.8, 4) is 0 Å². The summed E-state index contributed by atoms with van der Waals surface area (Å²) < 4.78 is 28.9. The predicted molar refractivity (Wildman–Crippen MR) is 76.3 cm³/mol. The Balaban J connectivity index is 2.05. The minimum absolute atomic E-state index is 0.233. The van der Waals surface area contributed by atoms with E-state index >= 15 is 0 Å². The molecule has 3 N–H and O–H groups in total. The summed E-state index contributed by atoms with van der Waals surface area (Å²) in [7, 11) is -3.51. The van der Waals surface area contributed by atoms with Crippen molar-refractivity contribution in [2.75, 3.05) is 0 Å². The number of hydrogen-bond acceptors (Lipinski definition) is 4. The van der Waals surface area contributed by atoms with Gasteiger partial charge in [-0.25, -0.2) is 18.1 Å². The first-order valence-corrected chi connectivity index (χ1v) is 7.76. The molecule has 0 aliphatic heterocycles. The van der Waals surface area contributed by atoms with Crippen LogP contribution < -0.4 is 10.5 Å². The van der Waals surface area contributed by atoms with Crippen LogP contribution in [0.3, 0.4) is 0 Å². The molecule has 0 saturated heterocycles. The van der Waals surface area contributed by atoms with Crippen molar-refractivity contribution in [1.82, 2.24) is 14.3 Å². The van der Waals surface area contributed by atoms with Gasteiger partial charge in [-0.3, -0.25) is 0 Å². The van der Waals surface area contributed by atoms with Crippen molar-refractivity contribution in [3.63, 3.8) is 0 Å². The van der Waals surface area contributed by atoms with Crippen LogP contribution in [0.2, 0.25) is 0 Å². The van der Waals surface area contributed by atoms with Gasteiger partial charge in [0.1, 0.15) is 0 Å². The molecule has 1 atom stereocenters. The van der Waals surface area contributed by atoms with Crippen LogP contribution in [-0.2, 0) is 23.1 Å². The fourth-order valence-electron chi connectivity index (χ4n) is 1.89. The lowest BCUT2D eigenvalue weighted by molar-refractivity contribution is 0.520. The molecule has 0 fully saturated rings. The van der Waals surface area contributed by atoms with Crippen LogP contribution in [0.15, 0.2) is 47.9 Å². The molecule has 0 saturated carbocycles. The Morgan fingerprint density at radius 3 is 2.60 bits per heavy atom. The molecule has 1 heterocycles. The van der Waals surface area contributed by atoms with Gasteiger partial charge in [0.25, 0.3) is 0 Å². The summed E-state index contributed by atoms with van der Waals surface area (Å²) in [5.74, 6) is 0. The molecule has 0 aliphatic rings. The molecule has 2 rings (SSSR count). The average molecular weight is 294 g/mol. The van der Waals surface area contributed by atoms with Gasteiger partial charge in [-0.15, -0.1) is 0 Å². The summed E-state index contributed by atoms with van der Waals surface area (Å²) in [6.07, 6.45) is 5.11. The summed E-state index contributed by atoms with van der Waals surface area (Å²) in [5.41, 5.74) is 6.39. The summed E-state index contributed by atoms with van der Waals surface area (Å²) in [6, 6.07) is 6.33. The maximum absolute atomic E-state index is 12.2. The Morgan fingerprint density at radius 1 is 1.35 bits per heavy atom. The van der Waals surface area contributed by atoms with Crippen molar-refractivity contribution in [2.45, 2.75) is 31.0 Å². The number of nitrogens with two attached hydrogens (primary N) is 1. The maximum atomic E-state index is 12.2. The third kappa shape index (κ3) is 3.66. The van der Waals surface area contributed by atoms with Crippen LogP contribution in [0, 0.1) is 0 Å². The Labute approximate surface area is 118 Å². The molecular formula is C13H18N4O2S. The van der Waals surface area contributed by atoms with Gasteiger partial charge in [-0.1, -0.05) is 12.1 Å². The predicted octanol–water partition coefficient (Wildman–Crippen LogP) is 0.709. The highest BCUT2D eigenvalue weighted by Gasteiger charge is 2.17. The molecule has 0 aliphatic carbocycles. The van der Waals surface area contributed by atoms with Crippen molar-refractivity contribution in [2.24, 2.45) is 5.73 Å². The van der Waals surface area contributed by atoms with Gasteiger partial charge >= 0.3 is 0 Å². The number of hydrogen-bond donors (Lipinski definition) is 2. The average Bonchev–Trinajstić information content (AvgIpc) is 2.91. The van der Waals surface area contributed by atoms with Gasteiger partial charge in [0.05, 0.1) is 11.2 Å². The van der Waals surface area contributed by atoms with E-state index in [1.165, 1.54) is 0 Å². The zero-order valence-electron chi connectivity index (χ0n) is 11.2. The van der Waals surface area contributed by atoms with E-state index in [1.54, 1.807) is 43.0 Å². The van der Waals surface area contributed by atoms with Crippen LogP contribution in [0.25, 0.3) is 0 Å². The van der Waals surface area contributed by atoms with Gasteiger partial charge < -0.3 is 10.3 Å². The molecule has 20 heavy (non-hydrogen) atoms. The molecule has 1 aromatic carbocycles. The molecular weight excluding hydrogens is 276 g/mol. The van der Waals surface area contributed by atoms with E-state index in [1.807, 2.05) is 11.5 Å². The van der Waals surface area contributed by atoms with Crippen LogP contribution >= 0.6 is 0 Å². The Hall–Kier alpha value is -1.70. The number of benzene rings is 1. The fraction of sp³-hybridized carbons (Fsp3) is 0.308. The van der Waals surface area contributed by atoms with Crippen molar-refractivity contribution in [3.05, 3.63) is 48.5 Å². The van der Waals surface area contributed by atoms with Gasteiger partial charge in [0.2, 0.25) is 10.0 Å². The lowest BCUT2D eigenvalue weighted by Crippen LogP contribution is -2.35. The van der Waals surface area contributed by atoms with E-state index < -0.39 is 10.0 Å². The zero-order chi connectivity index (χ0) is 14.6. The summed E-state index contributed by atoms with van der Waals surface area (Å²) in [6.45, 7) is 2.73. The molecule has 0 bridgehead atoms. The van der Waals surface area contributed by atoms with Gasteiger partial charge in [0.15, 0.2) is 0 Å². The van der Waals surface area contributed by atoms with Crippen molar-refractivity contribution in [1.29, 1.82) is 0 Å². The van der Waals surface area contributed by atoms with Gasteiger partial charge in [-0.2, -0.15) is 0 Å². The second-order valence-electron chi connectivity index (χ2n) is 4.63. The number of sulfonamides is 1. The van der Waals surface area contributed by atoms with Crippen molar-refractivity contribution >= 4 is 10.0 Å². The zero-order valence-corrected chi connectivity index (χ0v) is 12.0. The van der Waals surface area contributed by atoms with E-state index in [4.69, 9.17) is 5.73 Å². The number of aromatic nitrogens is 2. The monoisotopic (exact) mass is 294 g/mol. The molecule has 2 aromatic rings. The highest BCUT2D eigenvalue weighted by Crippen LogP contribution is 2.11. The molecule has 1 unspecified atom stereocenters. The third-order valence-corrected chi connectivity index (χ3v) is 4.47. The number of nitrogens with zero attached hydrogens (tertiary/aromatic N) is 2. The second kappa shape index (κ2) is 6.17. The summed E-state index contributed by atoms with van der Waals surface area (Å²) >= 11 is 0. The van der Waals surface area contributed by atoms with Crippen molar-refractivity contribution < 1.29 is 8.42 Å². The molecule has 0 amide bonds. The normalized spacial score (nSPS) is 13.3. The molecule has 6 nitrogen and oxygen atoms in total. The van der Waals surface area contributed by atoms with E-state index in [2.05, 4.69) is 9.71 Å². The Morgan fingerprint density at radius 2 is 2.05 bits per heavy atom. The Kier molecular flexibility index (Phi) is 4.53. The minimum atomic E-state index is -3.51. The third-order valence-electron chi connectivity index (χ3n) is 2.87. The smallest absolute Gasteiger partial charge is 0.240 e. The summed E-state index contributed by atoms with van der Waals surface area (Å²) in [5, 5.41) is 0. The Bertz CT molecular complexity index is 636. The SMILES string of the molecule is CC(Cn1ccnc1)NS(=O)(=O)c1ccc(CN)cc1. The fourth-order valence-corrected chi connectivity index (χ4v) is 3.12. The lowest BCUT2D eigenvalue weighted by Gasteiger charge is -2.15. The first-order valence-electron chi connectivity index (χ1n) is 6.28. The van der Waals surface area contributed by atoms with Crippen LogP contribution in [-0.4, -0.2) is 24.0 Å². The van der Waals surface area contributed by atoms with Gasteiger partial charge in [0, 0.05) is 31.5 Å². The quantitative estimate of drug-likeness (QED) is 0.821. The molecule has 0 radical (unpaired) electrons. The molecule has 7 heteroatoms. The molecule has 1 aromatic heterocycles. The number of imidazole rings is 1. The lowest BCUT2D eigenvalue weighted by atomic mass is 10.2. The van der Waals surface area contributed by atoms with E-state index in [9.17, 15) is 8.42 Å². The van der Waals surface area contributed by atoms with Crippen LogP contribution in [0.1, 0.15) is 12.5 Å². The minimum Gasteiger partial charge on any atom is -0.336 e. The first-order chi connectivity index (χ1) is 9.51. The number of rotatable bonds is 6. The topological polar surface area (TPSA) is 90.0 Å². The van der Waals surface area contributed by atoms with E-state index in [0.717, 1.165) is 5.56 Å².